The Morgan fingerprint density at radius 1 is 1.05 bits per heavy atom. The zero-order valence-corrected chi connectivity index (χ0v) is 21.9. The number of amides is 1. The molecule has 3 aliphatic rings. The highest BCUT2D eigenvalue weighted by molar-refractivity contribution is 7.89. The summed E-state index contributed by atoms with van der Waals surface area (Å²) in [4.78, 5) is 19.6. The number of ether oxygens (including phenoxy) is 1. The summed E-state index contributed by atoms with van der Waals surface area (Å²) >= 11 is 0. The number of piperidine rings is 1. The number of nitrogens with one attached hydrogen (secondary N) is 1. The number of aromatic nitrogens is 1. The van der Waals surface area contributed by atoms with Crippen LogP contribution < -0.4 is 20.7 Å². The van der Waals surface area contributed by atoms with Gasteiger partial charge >= 0.3 is 0 Å². The quantitative estimate of drug-likeness (QED) is 0.568. The average molecular weight is 526 g/mol. The van der Waals surface area contributed by atoms with Gasteiger partial charge in [0.1, 0.15) is 23.1 Å². The number of carbonyl (C=O) groups is 1. The summed E-state index contributed by atoms with van der Waals surface area (Å²) in [5, 5.41) is 3.08. The van der Waals surface area contributed by atoms with Crippen LogP contribution in [0.15, 0.2) is 40.8 Å². The lowest BCUT2D eigenvalue weighted by molar-refractivity contribution is 0.0938. The molecule has 1 atom stereocenters. The molecule has 1 saturated carbocycles. The molecule has 1 aromatic carbocycles. The van der Waals surface area contributed by atoms with E-state index >= 15 is 0 Å². The number of rotatable bonds is 7. The molecule has 2 fully saturated rings. The van der Waals surface area contributed by atoms with Gasteiger partial charge in [-0.15, -0.1) is 4.40 Å². The van der Waals surface area contributed by atoms with Gasteiger partial charge in [-0.2, -0.15) is 0 Å². The Bertz CT molecular complexity index is 1270. The minimum absolute atomic E-state index is 0.0232. The minimum Gasteiger partial charge on any atom is -0.492 e. The molecule has 0 radical (unpaired) electrons. The molecule has 2 aliphatic heterocycles. The van der Waals surface area contributed by atoms with Crippen molar-refractivity contribution in [3.05, 3.63) is 53.2 Å². The summed E-state index contributed by atoms with van der Waals surface area (Å²) in [7, 11) is -3.59. The predicted octanol–water partition coefficient (Wildman–Crippen LogP) is 3.24. The number of pyridine rings is 1. The van der Waals surface area contributed by atoms with E-state index in [-0.39, 0.29) is 23.4 Å². The standard InChI is InChI=1S/C27H35N5O4S/c28-26-25-21(18-37(34,35)31-26)10-4-12-23(25)36-17-20-9-6-14-32(16-20)24-13-5-11-22(30-24)27(33)29-15-19-7-2-1-3-8-19/h4-5,10-13,19-20H,1-3,6-9,14-18H2,(H2,28,31)(H,29,33)/t20-/m0/s1. The van der Waals surface area contributed by atoms with E-state index in [2.05, 4.69) is 19.6 Å². The molecule has 3 N–H and O–H groups in total. The van der Waals surface area contributed by atoms with Gasteiger partial charge in [0.2, 0.25) is 0 Å². The van der Waals surface area contributed by atoms with Gasteiger partial charge in [0, 0.05) is 25.6 Å². The van der Waals surface area contributed by atoms with Gasteiger partial charge in [-0.3, -0.25) is 4.79 Å². The third-order valence-electron chi connectivity index (χ3n) is 7.50. The third-order valence-corrected chi connectivity index (χ3v) is 8.66. The maximum absolute atomic E-state index is 12.8. The molecular weight excluding hydrogens is 490 g/mol. The van der Waals surface area contributed by atoms with E-state index in [9.17, 15) is 13.2 Å². The number of nitrogens with zero attached hydrogens (tertiary/aromatic N) is 3. The van der Waals surface area contributed by atoms with Crippen LogP contribution in [0.3, 0.4) is 0 Å². The van der Waals surface area contributed by atoms with Crippen molar-refractivity contribution >= 4 is 27.6 Å². The lowest BCUT2D eigenvalue weighted by Gasteiger charge is -2.33. The molecule has 10 heteroatoms. The van der Waals surface area contributed by atoms with Gasteiger partial charge in [-0.1, -0.05) is 37.5 Å². The summed E-state index contributed by atoms with van der Waals surface area (Å²) < 4.78 is 33.7. The lowest BCUT2D eigenvalue weighted by atomic mass is 9.89. The second kappa shape index (κ2) is 11.1. The molecular formula is C27H35N5O4S. The highest BCUT2D eigenvalue weighted by atomic mass is 32.2. The third kappa shape index (κ3) is 6.23. The lowest BCUT2D eigenvalue weighted by Crippen LogP contribution is -2.38. The first-order valence-electron chi connectivity index (χ1n) is 13.2. The Kier molecular flexibility index (Phi) is 7.64. The number of sulfonamides is 1. The number of benzene rings is 1. The highest BCUT2D eigenvalue weighted by Gasteiger charge is 2.27. The van der Waals surface area contributed by atoms with E-state index < -0.39 is 10.0 Å². The van der Waals surface area contributed by atoms with Crippen molar-refractivity contribution in [1.29, 1.82) is 0 Å². The number of hydrogen-bond acceptors (Lipinski definition) is 7. The van der Waals surface area contributed by atoms with Gasteiger partial charge in [0.15, 0.2) is 0 Å². The van der Waals surface area contributed by atoms with E-state index in [1.165, 1.54) is 32.1 Å². The summed E-state index contributed by atoms with van der Waals surface area (Å²) in [6.07, 6.45) is 8.18. The second-order valence-corrected chi connectivity index (χ2v) is 12.0. The van der Waals surface area contributed by atoms with Crippen molar-refractivity contribution in [2.24, 2.45) is 22.0 Å². The smallest absolute Gasteiger partial charge is 0.269 e. The number of anilines is 1. The molecule has 0 spiro atoms. The van der Waals surface area contributed by atoms with E-state index in [0.29, 0.717) is 35.1 Å². The van der Waals surface area contributed by atoms with E-state index in [1.807, 2.05) is 12.1 Å². The molecule has 5 rings (SSSR count). The van der Waals surface area contributed by atoms with Gasteiger partial charge in [-0.05, 0) is 55.4 Å². The monoisotopic (exact) mass is 525 g/mol. The van der Waals surface area contributed by atoms with Crippen LogP contribution in [0.1, 0.15) is 66.6 Å². The van der Waals surface area contributed by atoms with Crippen molar-refractivity contribution in [2.45, 2.75) is 50.7 Å². The summed E-state index contributed by atoms with van der Waals surface area (Å²) in [5.74, 6) is 1.87. The number of amidine groups is 1. The van der Waals surface area contributed by atoms with Crippen LogP contribution in [0.25, 0.3) is 0 Å². The molecule has 2 aromatic rings. The Morgan fingerprint density at radius 3 is 2.68 bits per heavy atom. The van der Waals surface area contributed by atoms with Crippen LogP contribution >= 0.6 is 0 Å². The fraction of sp³-hybridized carbons (Fsp3) is 0.519. The van der Waals surface area contributed by atoms with Crippen LogP contribution in [-0.4, -0.2) is 51.4 Å². The fourth-order valence-electron chi connectivity index (χ4n) is 5.59. The Hall–Kier alpha value is -3.14. The first-order chi connectivity index (χ1) is 17.9. The van der Waals surface area contributed by atoms with Gasteiger partial charge in [0.05, 0.1) is 17.9 Å². The van der Waals surface area contributed by atoms with Crippen LogP contribution in [-0.2, 0) is 15.8 Å². The van der Waals surface area contributed by atoms with Gasteiger partial charge in [-0.25, -0.2) is 13.4 Å². The molecule has 0 bridgehead atoms. The number of carbonyl (C=O) groups excluding carboxylic acids is 1. The van der Waals surface area contributed by atoms with Crippen LogP contribution in [0.4, 0.5) is 5.82 Å². The molecule has 1 amide bonds. The largest absolute Gasteiger partial charge is 0.492 e. The first-order valence-corrected chi connectivity index (χ1v) is 14.8. The van der Waals surface area contributed by atoms with Crippen molar-refractivity contribution in [1.82, 2.24) is 10.3 Å². The first kappa shape index (κ1) is 25.5. The predicted molar refractivity (Wildman–Crippen MR) is 143 cm³/mol. The number of nitrogens with two attached hydrogens (primary N) is 1. The van der Waals surface area contributed by atoms with Gasteiger partial charge < -0.3 is 20.7 Å². The highest BCUT2D eigenvalue weighted by Crippen LogP contribution is 2.30. The molecule has 1 aromatic heterocycles. The summed E-state index contributed by atoms with van der Waals surface area (Å²) in [6, 6.07) is 10.9. The van der Waals surface area contributed by atoms with Crippen molar-refractivity contribution in [3.8, 4) is 5.75 Å². The fourth-order valence-corrected chi connectivity index (χ4v) is 6.68. The molecule has 3 heterocycles. The summed E-state index contributed by atoms with van der Waals surface area (Å²) in [6.45, 7) is 2.81. The zero-order chi connectivity index (χ0) is 25.8. The van der Waals surface area contributed by atoms with Crippen molar-refractivity contribution in [3.63, 3.8) is 0 Å². The molecule has 9 nitrogen and oxygen atoms in total. The van der Waals surface area contributed by atoms with Crippen molar-refractivity contribution < 1.29 is 17.9 Å². The normalized spacial score (nSPS) is 21.6. The van der Waals surface area contributed by atoms with Crippen LogP contribution in [0.5, 0.6) is 5.75 Å². The van der Waals surface area contributed by atoms with Crippen molar-refractivity contribution in [2.75, 3.05) is 31.1 Å². The second-order valence-electron chi connectivity index (χ2n) is 10.4. The Balaban J connectivity index is 1.20. The maximum Gasteiger partial charge on any atom is 0.269 e. The number of hydrogen-bond donors (Lipinski definition) is 2. The van der Waals surface area contributed by atoms with Gasteiger partial charge in [0.25, 0.3) is 15.9 Å². The van der Waals surface area contributed by atoms with Crippen LogP contribution in [0.2, 0.25) is 0 Å². The topological polar surface area (TPSA) is 127 Å². The van der Waals surface area contributed by atoms with E-state index in [1.54, 1.807) is 24.3 Å². The average Bonchev–Trinajstić information content (AvgIpc) is 2.90. The minimum atomic E-state index is -3.59. The number of fused-ring (bicyclic) bond motifs is 1. The molecule has 1 saturated heterocycles. The molecule has 0 unspecified atom stereocenters. The maximum atomic E-state index is 12.8. The van der Waals surface area contributed by atoms with E-state index in [4.69, 9.17) is 10.5 Å². The zero-order valence-electron chi connectivity index (χ0n) is 21.1. The summed E-state index contributed by atoms with van der Waals surface area (Å²) in [5.41, 5.74) is 7.60. The Morgan fingerprint density at radius 2 is 1.84 bits per heavy atom. The van der Waals surface area contributed by atoms with Crippen LogP contribution in [0, 0.1) is 11.8 Å². The molecule has 1 aliphatic carbocycles. The molecule has 37 heavy (non-hydrogen) atoms. The Labute approximate surface area is 218 Å². The SMILES string of the molecule is NC1=NS(=O)(=O)Cc2cccc(OC[C@H]3CCCN(c4cccc(C(=O)NCC5CCCCC5)n4)C3)c21. The van der Waals surface area contributed by atoms with E-state index in [0.717, 1.165) is 38.3 Å². The molecule has 198 valence electrons.